The van der Waals surface area contributed by atoms with E-state index in [1.165, 1.54) is 6.26 Å². The van der Waals surface area contributed by atoms with Crippen molar-refractivity contribution in [2.24, 2.45) is 0 Å². The molecule has 0 aliphatic carbocycles. The molecule has 0 aromatic carbocycles. The van der Waals surface area contributed by atoms with Gasteiger partial charge in [0.15, 0.2) is 0 Å². The first-order chi connectivity index (χ1) is 4.52. The molecule has 10 heavy (non-hydrogen) atoms. The number of nitrogens with one attached hydrogen (secondary N) is 1. The summed E-state index contributed by atoms with van der Waals surface area (Å²) in [4.78, 5) is 0. The quantitative estimate of drug-likeness (QED) is 0.678. The number of rotatable bonds is 4. The summed E-state index contributed by atoms with van der Waals surface area (Å²) in [6.45, 7) is 4.06. The van der Waals surface area contributed by atoms with E-state index in [9.17, 15) is 4.21 Å². The molecule has 0 spiro atoms. The van der Waals surface area contributed by atoms with Gasteiger partial charge in [0.25, 0.3) is 0 Å². The van der Waals surface area contributed by atoms with Crippen LogP contribution in [0.3, 0.4) is 0 Å². The molecule has 0 aliphatic rings. The molecule has 0 saturated heterocycles. The maximum atomic E-state index is 11.2. The molecule has 0 rings (SSSR count). The largest absolute Gasteiger partial charge is 0.253 e. The van der Waals surface area contributed by atoms with Crippen LogP contribution in [0.15, 0.2) is 0 Å². The molecule has 0 heterocycles. The second-order valence-electron chi connectivity index (χ2n) is 2.72. The van der Waals surface area contributed by atoms with Gasteiger partial charge in [-0.1, -0.05) is 20.3 Å². The van der Waals surface area contributed by atoms with E-state index in [-0.39, 0.29) is 5.25 Å². The zero-order chi connectivity index (χ0) is 8.20. The summed E-state index contributed by atoms with van der Waals surface area (Å²) >= 11 is 0. The first-order valence-corrected chi connectivity index (χ1v) is 5.77. The highest BCUT2D eigenvalue weighted by atomic mass is 32.2. The molecule has 0 bridgehead atoms. The third-order valence-corrected chi connectivity index (χ3v) is 3.54. The minimum atomic E-state index is -2.28. The number of hydrogen-bond donors (Lipinski definition) is 1. The van der Waals surface area contributed by atoms with E-state index < -0.39 is 9.73 Å². The molecule has 0 aliphatic heterocycles. The Morgan fingerprint density at radius 3 is 2.10 bits per heavy atom. The highest BCUT2D eigenvalue weighted by molar-refractivity contribution is 7.92. The molecular weight excluding hydrogens is 146 g/mol. The van der Waals surface area contributed by atoms with Gasteiger partial charge in [-0.25, -0.2) is 4.21 Å². The number of hydrogen-bond acceptors (Lipinski definition) is 2. The fourth-order valence-corrected chi connectivity index (χ4v) is 2.39. The van der Waals surface area contributed by atoms with Gasteiger partial charge in [0.05, 0.1) is 0 Å². The minimum Gasteiger partial charge on any atom is -0.253 e. The van der Waals surface area contributed by atoms with Crippen LogP contribution in [0.25, 0.3) is 0 Å². The Morgan fingerprint density at radius 1 is 1.50 bits per heavy atom. The van der Waals surface area contributed by atoms with Crippen LogP contribution in [0.4, 0.5) is 0 Å². The summed E-state index contributed by atoms with van der Waals surface area (Å²) in [5.41, 5.74) is 0. The zero-order valence-electron chi connectivity index (χ0n) is 7.02. The van der Waals surface area contributed by atoms with Gasteiger partial charge < -0.3 is 0 Å². The maximum Gasteiger partial charge on any atom is 0.0441 e. The fourth-order valence-electron chi connectivity index (χ4n) is 1.07. The van der Waals surface area contributed by atoms with Gasteiger partial charge in [-0.2, -0.15) is 0 Å². The summed E-state index contributed by atoms with van der Waals surface area (Å²) in [5, 5.41) is 0.109. The first kappa shape index (κ1) is 9.95. The van der Waals surface area contributed by atoms with Gasteiger partial charge in [0.1, 0.15) is 0 Å². The van der Waals surface area contributed by atoms with E-state index in [2.05, 4.69) is 6.92 Å². The molecule has 3 heteroatoms. The van der Waals surface area contributed by atoms with Gasteiger partial charge in [-0.05, 0) is 12.8 Å². The van der Waals surface area contributed by atoms with Gasteiger partial charge in [0, 0.05) is 21.2 Å². The monoisotopic (exact) mass is 163 g/mol. The van der Waals surface area contributed by atoms with Crippen LogP contribution in [0, 0.1) is 4.78 Å². The Hall–Kier alpha value is -0.0500. The predicted molar refractivity (Wildman–Crippen MR) is 45.8 cm³/mol. The average Bonchev–Trinajstić information content (AvgIpc) is 1.80. The molecule has 0 aromatic heterocycles. The smallest absolute Gasteiger partial charge is 0.0441 e. The molecule has 0 saturated carbocycles. The summed E-state index contributed by atoms with van der Waals surface area (Å²) in [6, 6.07) is 0. The van der Waals surface area contributed by atoms with E-state index in [4.69, 9.17) is 4.78 Å². The summed E-state index contributed by atoms with van der Waals surface area (Å²) in [5.74, 6) is 0. The van der Waals surface area contributed by atoms with Crippen LogP contribution < -0.4 is 0 Å². The zero-order valence-corrected chi connectivity index (χ0v) is 7.83. The molecule has 0 aromatic rings. The van der Waals surface area contributed by atoms with Gasteiger partial charge in [-0.3, -0.25) is 4.78 Å². The lowest BCUT2D eigenvalue weighted by molar-refractivity contribution is 0.638. The molecule has 62 valence electrons. The predicted octanol–water partition coefficient (Wildman–Crippen LogP) is 2.24. The summed E-state index contributed by atoms with van der Waals surface area (Å²) in [7, 11) is -2.28. The second kappa shape index (κ2) is 3.96. The van der Waals surface area contributed by atoms with E-state index in [1.807, 2.05) is 6.92 Å². The van der Waals surface area contributed by atoms with Crippen LogP contribution >= 0.6 is 0 Å². The highest BCUT2D eigenvalue weighted by Crippen LogP contribution is 2.11. The topological polar surface area (TPSA) is 40.9 Å². The van der Waals surface area contributed by atoms with Crippen LogP contribution in [-0.2, 0) is 9.73 Å². The molecule has 2 unspecified atom stereocenters. The third kappa shape index (κ3) is 3.20. The van der Waals surface area contributed by atoms with Crippen molar-refractivity contribution < 1.29 is 4.21 Å². The normalized spacial score (nSPS) is 19.9. The molecule has 1 N–H and O–H groups in total. The van der Waals surface area contributed by atoms with Crippen molar-refractivity contribution in [3.05, 3.63) is 0 Å². The third-order valence-electron chi connectivity index (χ3n) is 1.70. The highest BCUT2D eigenvalue weighted by Gasteiger charge is 2.12. The lowest BCUT2D eigenvalue weighted by Gasteiger charge is -2.12. The van der Waals surface area contributed by atoms with E-state index in [1.54, 1.807) is 0 Å². The van der Waals surface area contributed by atoms with Crippen molar-refractivity contribution in [2.45, 2.75) is 38.4 Å². The van der Waals surface area contributed by atoms with Crippen molar-refractivity contribution in [1.82, 2.24) is 0 Å². The summed E-state index contributed by atoms with van der Waals surface area (Å²) < 4.78 is 18.5. The molecule has 2 atom stereocenters. The Kier molecular flexibility index (Phi) is 3.94. The lowest BCUT2D eigenvalue weighted by atomic mass is 10.2. The van der Waals surface area contributed by atoms with Gasteiger partial charge in [0.2, 0.25) is 0 Å². The first-order valence-electron chi connectivity index (χ1n) is 3.75. The van der Waals surface area contributed by atoms with Crippen LogP contribution in [0.2, 0.25) is 0 Å². The van der Waals surface area contributed by atoms with Crippen LogP contribution in [0.1, 0.15) is 33.1 Å². The Labute approximate surface area is 64.0 Å². The Balaban J connectivity index is 4.08. The molecule has 2 nitrogen and oxygen atoms in total. The fraction of sp³-hybridized carbons (Fsp3) is 1.00. The van der Waals surface area contributed by atoms with Gasteiger partial charge >= 0.3 is 0 Å². The van der Waals surface area contributed by atoms with Crippen LogP contribution in [0.5, 0.6) is 0 Å². The Morgan fingerprint density at radius 2 is 2.00 bits per heavy atom. The van der Waals surface area contributed by atoms with E-state index in [0.717, 1.165) is 19.3 Å². The van der Waals surface area contributed by atoms with Crippen molar-refractivity contribution in [2.75, 3.05) is 6.26 Å². The molecule has 0 fully saturated rings. The van der Waals surface area contributed by atoms with Crippen LogP contribution in [-0.4, -0.2) is 15.7 Å². The lowest BCUT2D eigenvalue weighted by Crippen LogP contribution is -2.16. The summed E-state index contributed by atoms with van der Waals surface area (Å²) in [6.07, 6.45) is 4.36. The second-order valence-corrected chi connectivity index (χ2v) is 5.20. The van der Waals surface area contributed by atoms with E-state index >= 15 is 0 Å². The molecular formula is C7H17NOS. The van der Waals surface area contributed by atoms with E-state index in [0.29, 0.717) is 0 Å². The maximum absolute atomic E-state index is 11.2. The Bertz CT molecular complexity index is 172. The van der Waals surface area contributed by atoms with Gasteiger partial charge in [-0.15, -0.1) is 0 Å². The SMILES string of the molecule is CCCC(CC)S(C)(=N)=O. The molecule has 0 amide bonds. The van der Waals surface area contributed by atoms with Crippen molar-refractivity contribution >= 4 is 9.73 Å². The van der Waals surface area contributed by atoms with Crippen molar-refractivity contribution in [1.29, 1.82) is 4.78 Å². The standard InChI is InChI=1S/C7H17NOS/c1-4-6-7(5-2)10(3,8)9/h7-8H,4-6H2,1-3H3. The average molecular weight is 163 g/mol. The van der Waals surface area contributed by atoms with Crippen molar-refractivity contribution in [3.63, 3.8) is 0 Å². The molecule has 0 radical (unpaired) electrons. The minimum absolute atomic E-state index is 0.109. The van der Waals surface area contributed by atoms with Crippen molar-refractivity contribution in [3.8, 4) is 0 Å².